The van der Waals surface area contributed by atoms with E-state index in [2.05, 4.69) is 64.5 Å². The van der Waals surface area contributed by atoms with Crippen molar-refractivity contribution in [1.82, 2.24) is 4.57 Å². The molecule has 0 aliphatic heterocycles. The van der Waals surface area contributed by atoms with Crippen LogP contribution in [0.2, 0.25) is 0 Å². The number of aryl methyl sites for hydroxylation is 1. The number of aromatic nitrogens is 1. The van der Waals surface area contributed by atoms with E-state index >= 15 is 9.59 Å². The van der Waals surface area contributed by atoms with Crippen molar-refractivity contribution < 1.29 is 0 Å². The summed E-state index contributed by atoms with van der Waals surface area (Å²) in [5.74, 6) is 0. The van der Waals surface area contributed by atoms with Crippen LogP contribution in [0.3, 0.4) is 0 Å². The first-order valence-corrected chi connectivity index (χ1v) is 18.6. The Morgan fingerprint density at radius 3 is 1.63 bits per heavy atom. The first-order chi connectivity index (χ1) is 22.6. The third-order valence-corrected chi connectivity index (χ3v) is 11.9. The molecule has 0 unspecified atom stereocenters. The maximum absolute atomic E-state index is 15.1. The molecule has 3 nitrogen and oxygen atoms in total. The fourth-order valence-corrected chi connectivity index (χ4v) is 9.59. The zero-order valence-corrected chi connectivity index (χ0v) is 27.5. The topological polar surface area (TPSA) is 39.1 Å². The lowest BCUT2D eigenvalue weighted by Gasteiger charge is -2.15. The van der Waals surface area contributed by atoms with Crippen LogP contribution in [0.5, 0.6) is 0 Å². The van der Waals surface area contributed by atoms with Crippen LogP contribution in [-0.4, -0.2) is 4.57 Å². The van der Waals surface area contributed by atoms with E-state index in [-0.39, 0.29) is 11.1 Å². The molecule has 216 valence electrons. The molecule has 10 aromatic rings. The van der Waals surface area contributed by atoms with Crippen molar-refractivity contribution >= 4 is 94.8 Å². The number of fused-ring (bicyclic) bond motifs is 3. The summed E-state index contributed by atoms with van der Waals surface area (Å²) >= 11 is 2.34. The third kappa shape index (κ3) is 3.24. The highest BCUT2D eigenvalue weighted by Gasteiger charge is 2.30. The first kappa shape index (κ1) is 26.5. The van der Waals surface area contributed by atoms with Gasteiger partial charge in [-0.15, -0.1) is 0 Å². The Hall–Kier alpha value is -4.72. The summed E-state index contributed by atoms with van der Waals surface area (Å²) in [4.78, 5) is 31.3. The molecule has 0 saturated carbocycles. The predicted molar refractivity (Wildman–Crippen MR) is 204 cm³/mol. The summed E-state index contributed by atoms with van der Waals surface area (Å²) in [5, 5.41) is 12.1. The van der Waals surface area contributed by atoms with Crippen molar-refractivity contribution in [1.29, 1.82) is 0 Å². The van der Waals surface area contributed by atoms with Gasteiger partial charge in [-0.2, -0.15) is 0 Å². The quantitative estimate of drug-likeness (QED) is 0.134. The lowest BCUT2D eigenvalue weighted by atomic mass is 9.93. The van der Waals surface area contributed by atoms with Gasteiger partial charge in [0, 0.05) is 37.2 Å². The van der Waals surface area contributed by atoms with Crippen LogP contribution in [0, 0.1) is 6.92 Å². The van der Waals surface area contributed by atoms with Gasteiger partial charge in [-0.05, 0) is 89.6 Å². The molecular formula is C41H22INO2S. The van der Waals surface area contributed by atoms with E-state index in [4.69, 9.17) is 0 Å². The average Bonchev–Trinajstić information content (AvgIpc) is 3.59. The van der Waals surface area contributed by atoms with Crippen molar-refractivity contribution in [3.63, 3.8) is 0 Å². The lowest BCUT2D eigenvalue weighted by Crippen LogP contribution is -2.25. The number of hydrogen-bond acceptors (Lipinski definition) is 3. The molecule has 0 bridgehead atoms. The molecule has 0 aliphatic carbocycles. The normalized spacial score (nSPS) is 12.4. The number of para-hydroxylation sites is 1. The number of benzene rings is 8. The van der Waals surface area contributed by atoms with E-state index in [1.807, 2.05) is 78.9 Å². The molecule has 46 heavy (non-hydrogen) atoms. The fourth-order valence-electron chi connectivity index (χ4n) is 8.08. The van der Waals surface area contributed by atoms with E-state index in [1.165, 1.54) is 36.9 Å². The standard InChI is InChI=1S/C41H22INO2S/c1-21-19-29-35-33-25(21)17-15-24-16-18-28-31(46-42)20-30(36(35)34(28)32(24)33)38-37(29)40(44)43(41(38)45)39-26(22-9-4-2-5-10-22)13-8-14-27(39)23-11-6-3-7-12-23/h2-20H,1H3. The highest BCUT2D eigenvalue weighted by atomic mass is 127. The molecule has 0 radical (unpaired) electrons. The predicted octanol–water partition coefficient (Wildman–Crippen LogP) is 11.0. The van der Waals surface area contributed by atoms with Gasteiger partial charge in [-0.3, -0.25) is 9.59 Å². The van der Waals surface area contributed by atoms with Gasteiger partial charge in [0.1, 0.15) is 0 Å². The van der Waals surface area contributed by atoms with Crippen LogP contribution in [0.4, 0.5) is 0 Å². The van der Waals surface area contributed by atoms with Gasteiger partial charge in [0.15, 0.2) is 0 Å². The number of halogens is 1. The highest BCUT2D eigenvalue weighted by Crippen LogP contribution is 2.53. The van der Waals surface area contributed by atoms with Crippen LogP contribution in [0.25, 0.3) is 92.6 Å². The molecule has 0 saturated heterocycles. The van der Waals surface area contributed by atoms with Gasteiger partial charge < -0.3 is 0 Å². The van der Waals surface area contributed by atoms with E-state index in [1.54, 1.807) is 8.93 Å². The fraction of sp³-hybridized carbons (Fsp3) is 0.0244. The second kappa shape index (κ2) is 9.41. The second-order valence-electron chi connectivity index (χ2n) is 12.2. The van der Waals surface area contributed by atoms with Crippen LogP contribution in [-0.2, 0) is 0 Å². The molecule has 9 aromatic carbocycles. The molecule has 0 atom stereocenters. The molecular weight excluding hydrogens is 697 g/mol. The maximum atomic E-state index is 15.1. The Morgan fingerprint density at radius 1 is 0.522 bits per heavy atom. The Kier molecular flexibility index (Phi) is 5.42. The van der Waals surface area contributed by atoms with Crippen molar-refractivity contribution in [2.75, 3.05) is 0 Å². The summed E-state index contributed by atoms with van der Waals surface area (Å²) in [7, 11) is 1.66. The third-order valence-electron chi connectivity index (χ3n) is 9.94. The molecule has 0 aliphatic rings. The number of hydrogen-bond donors (Lipinski definition) is 0. The molecule has 0 spiro atoms. The minimum atomic E-state index is -0.271. The van der Waals surface area contributed by atoms with E-state index in [0.29, 0.717) is 16.5 Å². The van der Waals surface area contributed by atoms with Crippen molar-refractivity contribution in [2.45, 2.75) is 11.8 Å². The van der Waals surface area contributed by atoms with E-state index in [0.717, 1.165) is 54.3 Å². The molecule has 1 heterocycles. The summed E-state index contributed by atoms with van der Waals surface area (Å²) in [6, 6.07) is 39.2. The number of nitrogens with zero attached hydrogens (tertiary/aromatic N) is 1. The van der Waals surface area contributed by atoms with E-state index in [9.17, 15) is 0 Å². The maximum Gasteiger partial charge on any atom is 0.266 e. The summed E-state index contributed by atoms with van der Waals surface area (Å²) in [6.45, 7) is 2.11. The van der Waals surface area contributed by atoms with Crippen LogP contribution in [0.15, 0.2) is 130 Å². The Labute approximate surface area is 279 Å². The highest BCUT2D eigenvalue weighted by molar-refractivity contribution is 14.2. The van der Waals surface area contributed by atoms with Crippen molar-refractivity contribution in [3.05, 3.63) is 142 Å². The minimum Gasteiger partial charge on any atom is -0.268 e. The van der Waals surface area contributed by atoms with Gasteiger partial charge in [0.2, 0.25) is 0 Å². The summed E-state index contributed by atoms with van der Waals surface area (Å²) in [5.41, 5.74) is 4.77. The van der Waals surface area contributed by atoms with Crippen LogP contribution in [0.1, 0.15) is 5.56 Å². The Morgan fingerprint density at radius 2 is 1.04 bits per heavy atom. The zero-order chi connectivity index (χ0) is 30.8. The van der Waals surface area contributed by atoms with Crippen LogP contribution >= 0.6 is 30.1 Å². The first-order valence-electron chi connectivity index (χ1n) is 15.2. The largest absolute Gasteiger partial charge is 0.268 e. The lowest BCUT2D eigenvalue weighted by molar-refractivity contribution is 0.995. The number of rotatable bonds is 4. The van der Waals surface area contributed by atoms with Gasteiger partial charge in [0.25, 0.3) is 11.1 Å². The SMILES string of the molecule is Cc1cc2c3c(=O)n(-c4c(-c5ccccc5)cccc4-c4ccccc4)c(=O)c3c3cc(SI)c4ccc5ccc1c1c5c4c3c21. The molecule has 10 rings (SSSR count). The van der Waals surface area contributed by atoms with Crippen molar-refractivity contribution in [2.24, 2.45) is 0 Å². The minimum absolute atomic E-state index is 0.270. The van der Waals surface area contributed by atoms with Gasteiger partial charge >= 0.3 is 0 Å². The molecule has 1 aromatic heterocycles. The molecule has 0 amide bonds. The van der Waals surface area contributed by atoms with Gasteiger partial charge in [-0.25, -0.2) is 4.57 Å². The monoisotopic (exact) mass is 719 g/mol. The average molecular weight is 720 g/mol. The zero-order valence-electron chi connectivity index (χ0n) is 24.5. The van der Waals surface area contributed by atoms with E-state index < -0.39 is 0 Å². The summed E-state index contributed by atoms with van der Waals surface area (Å²) < 4.78 is 1.46. The summed E-state index contributed by atoms with van der Waals surface area (Å²) in [6.07, 6.45) is 0. The van der Waals surface area contributed by atoms with Crippen LogP contribution < -0.4 is 11.1 Å². The van der Waals surface area contributed by atoms with Gasteiger partial charge in [0.05, 0.1) is 16.5 Å². The molecule has 5 heteroatoms. The molecule has 0 fully saturated rings. The molecule has 0 N–H and O–H groups in total. The van der Waals surface area contributed by atoms with Crippen molar-refractivity contribution in [3.8, 4) is 27.9 Å². The van der Waals surface area contributed by atoms with Gasteiger partial charge in [-0.1, -0.05) is 112 Å². The second-order valence-corrected chi connectivity index (χ2v) is 14.1. The Balaban J connectivity index is 1.47. The Bertz CT molecular complexity index is 2880. The smallest absolute Gasteiger partial charge is 0.266 e.